The summed E-state index contributed by atoms with van der Waals surface area (Å²) in [5, 5.41) is 6.63. The van der Waals surface area contributed by atoms with E-state index in [0.717, 1.165) is 30.0 Å². The lowest BCUT2D eigenvalue weighted by Gasteiger charge is -2.09. The molecule has 2 heterocycles. The first kappa shape index (κ1) is 17.9. The van der Waals surface area contributed by atoms with Crippen molar-refractivity contribution in [3.05, 3.63) is 71.5 Å². The lowest BCUT2D eigenvalue weighted by Crippen LogP contribution is -2.12. The lowest BCUT2D eigenvalue weighted by atomic mass is 10.1. The summed E-state index contributed by atoms with van der Waals surface area (Å²) >= 11 is 6.27. The van der Waals surface area contributed by atoms with Gasteiger partial charge in [0, 0.05) is 30.2 Å². The van der Waals surface area contributed by atoms with Gasteiger partial charge in [0.2, 0.25) is 0 Å². The van der Waals surface area contributed by atoms with E-state index >= 15 is 0 Å². The number of carbonyl (C=O) groups excluding carboxylic acids is 1. The second-order valence-electron chi connectivity index (χ2n) is 5.72. The van der Waals surface area contributed by atoms with Gasteiger partial charge in [-0.3, -0.25) is 9.78 Å². The zero-order valence-electron chi connectivity index (χ0n) is 14.4. The standard InChI is InChI=1S/C20H19ClN4O/c1-2-10-23-19-9-6-14(13-24-19)20(26)25-15-7-8-17(21)16(12-15)18-5-3-4-11-22-18/h3-9,11-13H,2,10H2,1H3,(H,23,24)(H,25,26). The highest BCUT2D eigenvalue weighted by Gasteiger charge is 2.10. The molecule has 3 aromatic rings. The molecule has 2 N–H and O–H groups in total. The third kappa shape index (κ3) is 4.37. The molecule has 6 heteroatoms. The van der Waals surface area contributed by atoms with Crippen LogP contribution in [0.2, 0.25) is 5.02 Å². The number of pyridine rings is 2. The minimum atomic E-state index is -0.228. The van der Waals surface area contributed by atoms with Crippen LogP contribution in [0.15, 0.2) is 60.9 Å². The fourth-order valence-corrected chi connectivity index (χ4v) is 2.62. The third-order valence-corrected chi connectivity index (χ3v) is 4.08. The number of nitrogens with one attached hydrogen (secondary N) is 2. The molecule has 0 bridgehead atoms. The molecular weight excluding hydrogens is 348 g/mol. The van der Waals surface area contributed by atoms with Crippen LogP contribution in [0.4, 0.5) is 11.5 Å². The summed E-state index contributed by atoms with van der Waals surface area (Å²) in [5.74, 6) is 0.529. The molecule has 3 rings (SSSR count). The molecule has 0 aliphatic rings. The van der Waals surface area contributed by atoms with Gasteiger partial charge < -0.3 is 10.6 Å². The summed E-state index contributed by atoms with van der Waals surface area (Å²) in [5.41, 5.74) is 2.65. The van der Waals surface area contributed by atoms with E-state index in [2.05, 4.69) is 27.5 Å². The molecular formula is C20H19ClN4O. The molecule has 0 atom stereocenters. The first-order chi connectivity index (χ1) is 12.7. The van der Waals surface area contributed by atoms with Gasteiger partial charge in [-0.15, -0.1) is 0 Å². The zero-order valence-corrected chi connectivity index (χ0v) is 15.1. The Bertz CT molecular complexity index is 882. The van der Waals surface area contributed by atoms with E-state index in [9.17, 15) is 4.79 Å². The highest BCUT2D eigenvalue weighted by molar-refractivity contribution is 6.33. The van der Waals surface area contributed by atoms with Crippen LogP contribution in [-0.2, 0) is 0 Å². The molecule has 0 aliphatic carbocycles. The maximum Gasteiger partial charge on any atom is 0.257 e. The molecule has 5 nitrogen and oxygen atoms in total. The van der Waals surface area contributed by atoms with Gasteiger partial charge >= 0.3 is 0 Å². The van der Waals surface area contributed by atoms with Gasteiger partial charge in [-0.25, -0.2) is 4.98 Å². The smallest absolute Gasteiger partial charge is 0.257 e. The van der Waals surface area contributed by atoms with Crippen molar-refractivity contribution < 1.29 is 4.79 Å². The molecule has 0 radical (unpaired) electrons. The van der Waals surface area contributed by atoms with Crippen molar-refractivity contribution in [3.63, 3.8) is 0 Å². The predicted molar refractivity (Wildman–Crippen MR) is 106 cm³/mol. The average molecular weight is 367 g/mol. The first-order valence-electron chi connectivity index (χ1n) is 8.39. The fourth-order valence-electron chi connectivity index (χ4n) is 2.41. The number of nitrogens with zero attached hydrogens (tertiary/aromatic N) is 2. The van der Waals surface area contributed by atoms with Gasteiger partial charge in [0.25, 0.3) is 5.91 Å². The fraction of sp³-hybridized carbons (Fsp3) is 0.150. The van der Waals surface area contributed by atoms with Crippen molar-refractivity contribution >= 4 is 29.0 Å². The van der Waals surface area contributed by atoms with Crippen molar-refractivity contribution in [3.8, 4) is 11.3 Å². The molecule has 0 saturated heterocycles. The van der Waals surface area contributed by atoms with Crippen LogP contribution in [0.3, 0.4) is 0 Å². The number of hydrogen-bond donors (Lipinski definition) is 2. The molecule has 26 heavy (non-hydrogen) atoms. The molecule has 1 aromatic carbocycles. The second kappa shape index (κ2) is 8.45. The van der Waals surface area contributed by atoms with Gasteiger partial charge in [0.05, 0.1) is 16.3 Å². The Hall–Kier alpha value is -2.92. The quantitative estimate of drug-likeness (QED) is 0.653. The van der Waals surface area contributed by atoms with Crippen LogP contribution in [-0.4, -0.2) is 22.4 Å². The Morgan fingerprint density at radius 3 is 2.69 bits per heavy atom. The number of benzene rings is 1. The number of anilines is 2. The molecule has 0 unspecified atom stereocenters. The topological polar surface area (TPSA) is 66.9 Å². The number of rotatable bonds is 6. The average Bonchev–Trinajstić information content (AvgIpc) is 2.69. The Morgan fingerprint density at radius 1 is 1.12 bits per heavy atom. The molecule has 0 saturated carbocycles. The van der Waals surface area contributed by atoms with Crippen molar-refractivity contribution in [2.45, 2.75) is 13.3 Å². The van der Waals surface area contributed by atoms with E-state index in [1.54, 1.807) is 36.7 Å². The second-order valence-corrected chi connectivity index (χ2v) is 6.13. The van der Waals surface area contributed by atoms with Crippen molar-refractivity contribution in [2.75, 3.05) is 17.2 Å². The van der Waals surface area contributed by atoms with Gasteiger partial charge in [0.15, 0.2) is 0 Å². The predicted octanol–water partition coefficient (Wildman–Crippen LogP) is 4.87. The number of hydrogen-bond acceptors (Lipinski definition) is 4. The minimum Gasteiger partial charge on any atom is -0.370 e. The van der Waals surface area contributed by atoms with Crippen LogP contribution in [0.5, 0.6) is 0 Å². The first-order valence-corrected chi connectivity index (χ1v) is 8.77. The molecule has 132 valence electrons. The number of halogens is 1. The van der Waals surface area contributed by atoms with E-state index in [0.29, 0.717) is 16.3 Å². The Labute approximate surface area is 157 Å². The highest BCUT2D eigenvalue weighted by atomic mass is 35.5. The minimum absolute atomic E-state index is 0.228. The Kier molecular flexibility index (Phi) is 5.81. The van der Waals surface area contributed by atoms with E-state index in [1.165, 1.54) is 0 Å². The summed E-state index contributed by atoms with van der Waals surface area (Å²) in [7, 11) is 0. The lowest BCUT2D eigenvalue weighted by molar-refractivity contribution is 0.102. The van der Waals surface area contributed by atoms with Crippen molar-refractivity contribution in [1.29, 1.82) is 0 Å². The van der Waals surface area contributed by atoms with Gasteiger partial charge in [-0.1, -0.05) is 24.6 Å². The number of carbonyl (C=O) groups is 1. The van der Waals surface area contributed by atoms with Crippen LogP contribution in [0.25, 0.3) is 11.3 Å². The van der Waals surface area contributed by atoms with E-state index in [-0.39, 0.29) is 5.91 Å². The van der Waals surface area contributed by atoms with E-state index < -0.39 is 0 Å². The molecule has 1 amide bonds. The summed E-state index contributed by atoms with van der Waals surface area (Å²) in [4.78, 5) is 21.0. The monoisotopic (exact) mass is 366 g/mol. The summed E-state index contributed by atoms with van der Waals surface area (Å²) in [6.07, 6.45) is 4.28. The zero-order chi connectivity index (χ0) is 18.4. The summed E-state index contributed by atoms with van der Waals surface area (Å²) in [6, 6.07) is 14.5. The molecule has 0 fully saturated rings. The van der Waals surface area contributed by atoms with Crippen molar-refractivity contribution in [1.82, 2.24) is 9.97 Å². The largest absolute Gasteiger partial charge is 0.370 e. The number of aromatic nitrogens is 2. The maximum atomic E-state index is 12.5. The Morgan fingerprint density at radius 2 is 2.00 bits per heavy atom. The van der Waals surface area contributed by atoms with E-state index in [4.69, 9.17) is 11.6 Å². The summed E-state index contributed by atoms with van der Waals surface area (Å²) < 4.78 is 0. The van der Waals surface area contributed by atoms with Crippen molar-refractivity contribution in [2.24, 2.45) is 0 Å². The highest BCUT2D eigenvalue weighted by Crippen LogP contribution is 2.29. The molecule has 2 aromatic heterocycles. The summed E-state index contributed by atoms with van der Waals surface area (Å²) in [6.45, 7) is 2.93. The molecule has 0 aliphatic heterocycles. The van der Waals surface area contributed by atoms with Crippen LogP contribution < -0.4 is 10.6 Å². The normalized spacial score (nSPS) is 10.4. The van der Waals surface area contributed by atoms with Gasteiger partial charge in [-0.2, -0.15) is 0 Å². The third-order valence-electron chi connectivity index (χ3n) is 3.75. The van der Waals surface area contributed by atoms with E-state index in [1.807, 2.05) is 24.3 Å². The van der Waals surface area contributed by atoms with Gasteiger partial charge in [0.1, 0.15) is 5.82 Å². The maximum absolute atomic E-state index is 12.5. The van der Waals surface area contributed by atoms with Crippen LogP contribution in [0, 0.1) is 0 Å². The Balaban J connectivity index is 1.75. The van der Waals surface area contributed by atoms with Crippen LogP contribution in [0.1, 0.15) is 23.7 Å². The number of amides is 1. The SMILES string of the molecule is CCCNc1ccc(C(=O)Nc2ccc(Cl)c(-c3ccccn3)c2)cn1. The van der Waals surface area contributed by atoms with Crippen LogP contribution >= 0.6 is 11.6 Å². The van der Waals surface area contributed by atoms with Gasteiger partial charge in [-0.05, 0) is 48.9 Å². The molecule has 0 spiro atoms.